The van der Waals surface area contributed by atoms with Crippen molar-refractivity contribution in [1.29, 1.82) is 0 Å². The Morgan fingerprint density at radius 3 is 2.21 bits per heavy atom. The molecule has 4 nitrogen and oxygen atoms in total. The van der Waals surface area contributed by atoms with Crippen molar-refractivity contribution in [3.05, 3.63) is 82.1 Å². The van der Waals surface area contributed by atoms with Crippen molar-refractivity contribution in [2.24, 2.45) is 0 Å². The smallest absolute Gasteiger partial charge is 0.340 e. The predicted molar refractivity (Wildman–Crippen MR) is 112 cm³/mol. The van der Waals surface area contributed by atoms with E-state index in [2.05, 4.69) is 6.92 Å². The van der Waals surface area contributed by atoms with Crippen LogP contribution in [-0.4, -0.2) is 18.5 Å². The van der Waals surface area contributed by atoms with Crippen LogP contribution in [0.25, 0.3) is 6.08 Å². The van der Waals surface area contributed by atoms with Gasteiger partial charge in [0.25, 0.3) is 5.91 Å². The third-order valence-electron chi connectivity index (χ3n) is 4.87. The average Bonchev–Trinajstić information content (AvgIpc) is 2.93. The lowest BCUT2D eigenvalue weighted by Gasteiger charge is -2.18. The summed E-state index contributed by atoms with van der Waals surface area (Å²) in [7, 11) is 0. The van der Waals surface area contributed by atoms with E-state index in [0.717, 1.165) is 23.2 Å². The molecule has 0 fully saturated rings. The minimum absolute atomic E-state index is 0.219. The summed E-state index contributed by atoms with van der Waals surface area (Å²) < 4.78 is 5.24. The van der Waals surface area contributed by atoms with Gasteiger partial charge in [-0.1, -0.05) is 48.9 Å². The van der Waals surface area contributed by atoms with E-state index >= 15 is 0 Å². The number of carbonyl (C=O) groups excluding carboxylic acids is 2. The number of carbonyl (C=O) groups is 2. The van der Waals surface area contributed by atoms with Gasteiger partial charge in [0.2, 0.25) is 0 Å². The van der Waals surface area contributed by atoms with E-state index in [1.54, 1.807) is 24.8 Å². The Balaban J connectivity index is 2.08. The first-order valence-electron chi connectivity index (χ1n) is 9.56. The largest absolute Gasteiger partial charge is 0.462 e. The van der Waals surface area contributed by atoms with Crippen molar-refractivity contribution in [2.45, 2.75) is 34.1 Å². The van der Waals surface area contributed by atoms with Crippen LogP contribution in [0.4, 0.5) is 5.69 Å². The van der Waals surface area contributed by atoms with Crippen LogP contribution in [-0.2, 0) is 20.7 Å². The standard InChI is InChI=1S/C24H25NO3/c1-5-18-9-11-19(12-10-18)15-21-22(24(27)28-6-2)17(4)25(23(21)26)20-13-7-16(3)8-14-20/h7-15H,5-6H2,1-4H3/b21-15-. The molecule has 0 saturated carbocycles. The molecule has 144 valence electrons. The van der Waals surface area contributed by atoms with Crippen molar-refractivity contribution in [3.63, 3.8) is 0 Å². The highest BCUT2D eigenvalue weighted by Crippen LogP contribution is 2.35. The summed E-state index contributed by atoms with van der Waals surface area (Å²) in [4.78, 5) is 27.5. The zero-order valence-corrected chi connectivity index (χ0v) is 16.8. The summed E-state index contributed by atoms with van der Waals surface area (Å²) >= 11 is 0. The van der Waals surface area contributed by atoms with Crippen LogP contribution < -0.4 is 4.90 Å². The van der Waals surface area contributed by atoms with E-state index in [9.17, 15) is 9.59 Å². The highest BCUT2D eigenvalue weighted by atomic mass is 16.5. The molecule has 0 aliphatic carbocycles. The number of benzene rings is 2. The number of hydrogen-bond donors (Lipinski definition) is 0. The SMILES string of the molecule is CCOC(=O)C1=C(C)N(c2ccc(C)cc2)C(=O)/C1=C\c1ccc(CC)cc1. The highest BCUT2D eigenvalue weighted by Gasteiger charge is 2.38. The number of allylic oxidation sites excluding steroid dienone is 1. The van der Waals surface area contributed by atoms with Crippen molar-refractivity contribution in [2.75, 3.05) is 11.5 Å². The van der Waals surface area contributed by atoms with Crippen LogP contribution in [0.15, 0.2) is 65.4 Å². The fraction of sp³-hybridized carbons (Fsp3) is 0.250. The molecule has 2 aromatic rings. The molecule has 0 saturated heterocycles. The zero-order chi connectivity index (χ0) is 20.3. The lowest BCUT2D eigenvalue weighted by Crippen LogP contribution is -2.24. The number of esters is 1. The first-order valence-corrected chi connectivity index (χ1v) is 9.56. The molecule has 0 N–H and O–H groups in total. The third kappa shape index (κ3) is 3.77. The van der Waals surface area contributed by atoms with Crippen LogP contribution >= 0.6 is 0 Å². The van der Waals surface area contributed by atoms with E-state index in [0.29, 0.717) is 16.8 Å². The molecule has 1 aliphatic rings. The van der Waals surface area contributed by atoms with Gasteiger partial charge in [0.15, 0.2) is 0 Å². The van der Waals surface area contributed by atoms with Crippen molar-refractivity contribution >= 4 is 23.6 Å². The number of rotatable bonds is 5. The van der Waals surface area contributed by atoms with Crippen LogP contribution in [0.5, 0.6) is 0 Å². The summed E-state index contributed by atoms with van der Waals surface area (Å²) in [5.41, 5.74) is 5.21. The quantitative estimate of drug-likeness (QED) is 0.556. The van der Waals surface area contributed by atoms with Crippen LogP contribution in [0, 0.1) is 6.92 Å². The maximum atomic E-state index is 13.3. The number of nitrogens with zero attached hydrogens (tertiary/aromatic N) is 1. The molecular weight excluding hydrogens is 350 g/mol. The summed E-state index contributed by atoms with van der Waals surface area (Å²) in [6, 6.07) is 15.7. The number of amides is 1. The Bertz CT molecular complexity index is 950. The number of anilines is 1. The molecule has 1 amide bonds. The summed E-state index contributed by atoms with van der Waals surface area (Å²) in [5, 5.41) is 0. The first-order chi connectivity index (χ1) is 13.5. The maximum absolute atomic E-state index is 13.3. The Hall–Kier alpha value is -3.14. The van der Waals surface area contributed by atoms with Gasteiger partial charge in [-0.2, -0.15) is 0 Å². The second-order valence-corrected chi connectivity index (χ2v) is 6.81. The minimum Gasteiger partial charge on any atom is -0.462 e. The molecule has 28 heavy (non-hydrogen) atoms. The summed E-state index contributed by atoms with van der Waals surface area (Å²) in [6.07, 6.45) is 2.72. The summed E-state index contributed by atoms with van der Waals surface area (Å²) in [6.45, 7) is 7.89. The molecule has 0 bridgehead atoms. The Morgan fingerprint density at radius 1 is 1.00 bits per heavy atom. The van der Waals surface area contributed by atoms with Crippen molar-refractivity contribution in [3.8, 4) is 0 Å². The molecule has 4 heteroatoms. The minimum atomic E-state index is -0.473. The second kappa shape index (κ2) is 8.26. The normalized spacial score (nSPS) is 15.5. The first kappa shape index (κ1) is 19.6. The van der Waals surface area contributed by atoms with Crippen molar-refractivity contribution in [1.82, 2.24) is 0 Å². The Morgan fingerprint density at radius 2 is 1.64 bits per heavy atom. The van der Waals surface area contributed by atoms with Gasteiger partial charge in [-0.15, -0.1) is 0 Å². The van der Waals surface area contributed by atoms with Crippen molar-refractivity contribution < 1.29 is 14.3 Å². The van der Waals surface area contributed by atoms with E-state index in [1.807, 2.05) is 55.5 Å². The molecule has 0 atom stereocenters. The molecule has 3 rings (SSSR count). The lowest BCUT2D eigenvalue weighted by molar-refractivity contribution is -0.138. The lowest BCUT2D eigenvalue weighted by atomic mass is 10.0. The molecule has 0 unspecified atom stereocenters. The van der Waals surface area contributed by atoms with Gasteiger partial charge >= 0.3 is 5.97 Å². The average molecular weight is 375 g/mol. The third-order valence-corrected chi connectivity index (χ3v) is 4.87. The second-order valence-electron chi connectivity index (χ2n) is 6.81. The molecule has 0 spiro atoms. The molecule has 2 aromatic carbocycles. The van der Waals surface area contributed by atoms with Gasteiger partial charge in [0, 0.05) is 11.4 Å². The fourth-order valence-corrected chi connectivity index (χ4v) is 3.30. The van der Waals surface area contributed by atoms with E-state index in [-0.39, 0.29) is 12.5 Å². The van der Waals surface area contributed by atoms with Gasteiger partial charge in [0.1, 0.15) is 0 Å². The van der Waals surface area contributed by atoms with Gasteiger partial charge in [0.05, 0.1) is 17.8 Å². The van der Waals surface area contributed by atoms with E-state index < -0.39 is 5.97 Å². The molecule has 0 radical (unpaired) electrons. The fourth-order valence-electron chi connectivity index (χ4n) is 3.30. The number of aryl methyl sites for hydroxylation is 2. The number of ether oxygens (including phenoxy) is 1. The maximum Gasteiger partial charge on any atom is 0.340 e. The van der Waals surface area contributed by atoms with Gasteiger partial charge in [-0.05, 0) is 56.5 Å². The van der Waals surface area contributed by atoms with Gasteiger partial charge in [-0.3, -0.25) is 9.69 Å². The molecule has 1 heterocycles. The topological polar surface area (TPSA) is 46.6 Å². The number of hydrogen-bond acceptors (Lipinski definition) is 3. The van der Waals surface area contributed by atoms with Crippen LogP contribution in [0.3, 0.4) is 0 Å². The van der Waals surface area contributed by atoms with Gasteiger partial charge in [-0.25, -0.2) is 4.79 Å². The predicted octanol–water partition coefficient (Wildman–Crippen LogP) is 4.82. The Labute approximate surface area is 166 Å². The molecule has 0 aromatic heterocycles. The van der Waals surface area contributed by atoms with E-state index in [4.69, 9.17) is 4.74 Å². The Kier molecular flexibility index (Phi) is 5.78. The van der Waals surface area contributed by atoms with Crippen LogP contribution in [0.1, 0.15) is 37.5 Å². The monoisotopic (exact) mass is 375 g/mol. The zero-order valence-electron chi connectivity index (χ0n) is 16.8. The molecular formula is C24H25NO3. The van der Waals surface area contributed by atoms with E-state index in [1.165, 1.54) is 5.56 Å². The van der Waals surface area contributed by atoms with Crippen LogP contribution in [0.2, 0.25) is 0 Å². The van der Waals surface area contributed by atoms with Gasteiger partial charge < -0.3 is 4.74 Å². The molecule has 1 aliphatic heterocycles. The summed E-state index contributed by atoms with van der Waals surface area (Å²) in [5.74, 6) is -0.691. The highest BCUT2D eigenvalue weighted by molar-refractivity contribution is 6.23.